The van der Waals surface area contributed by atoms with Gasteiger partial charge in [-0.1, -0.05) is 28.1 Å². The van der Waals surface area contributed by atoms with Gasteiger partial charge < -0.3 is 5.32 Å². The lowest BCUT2D eigenvalue weighted by atomic mass is 10.2. The predicted molar refractivity (Wildman–Crippen MR) is 104 cm³/mol. The van der Waals surface area contributed by atoms with E-state index in [0.29, 0.717) is 0 Å². The number of thiophene rings is 2. The molecule has 2 aromatic heterocycles. The van der Waals surface area contributed by atoms with Crippen LogP contribution in [0.25, 0.3) is 0 Å². The summed E-state index contributed by atoms with van der Waals surface area (Å²) in [6.07, 6.45) is 0. The third kappa shape index (κ3) is 3.62. The number of halogens is 3. The first-order valence-electron chi connectivity index (χ1n) is 6.13. The molecule has 0 amide bonds. The lowest BCUT2D eigenvalue weighted by molar-refractivity contribution is 0.989. The first-order valence-corrected chi connectivity index (χ1v) is 10.3. The zero-order valence-electron chi connectivity index (χ0n) is 10.6. The van der Waals surface area contributed by atoms with Crippen molar-refractivity contribution >= 4 is 76.2 Å². The van der Waals surface area contributed by atoms with Gasteiger partial charge in [-0.25, -0.2) is 0 Å². The molecule has 0 radical (unpaired) electrons. The summed E-state index contributed by atoms with van der Waals surface area (Å²) in [4.78, 5) is 2.61. The van der Waals surface area contributed by atoms with Gasteiger partial charge in [0.05, 0.1) is 11.7 Å². The summed E-state index contributed by atoms with van der Waals surface area (Å²) in [5.41, 5.74) is 1.06. The summed E-state index contributed by atoms with van der Waals surface area (Å²) in [5.74, 6) is 0. The summed E-state index contributed by atoms with van der Waals surface area (Å²) >= 11 is 14.3. The van der Waals surface area contributed by atoms with Crippen molar-refractivity contribution in [3.63, 3.8) is 0 Å². The molecule has 0 aliphatic heterocycles. The Morgan fingerprint density at radius 2 is 1.38 bits per heavy atom. The summed E-state index contributed by atoms with van der Waals surface area (Å²) in [6.45, 7) is 0. The van der Waals surface area contributed by atoms with Crippen LogP contribution in [-0.2, 0) is 0 Å². The van der Waals surface area contributed by atoms with Crippen LogP contribution in [0.2, 0.25) is 0 Å². The smallest absolute Gasteiger partial charge is 0.0954 e. The maximum atomic E-state index is 3.65. The van der Waals surface area contributed by atoms with Gasteiger partial charge >= 0.3 is 0 Å². The molecule has 0 bridgehead atoms. The average molecular weight is 508 g/mol. The van der Waals surface area contributed by atoms with E-state index in [0.717, 1.165) is 19.1 Å². The lowest BCUT2D eigenvalue weighted by Gasteiger charge is -2.20. The Kier molecular flexibility index (Phi) is 5.22. The quantitative estimate of drug-likeness (QED) is 0.390. The third-order valence-electron chi connectivity index (χ3n) is 2.95. The first-order chi connectivity index (χ1) is 10.1. The minimum atomic E-state index is 0.166. The van der Waals surface area contributed by atoms with E-state index in [1.807, 2.05) is 12.1 Å². The number of hydrogen-bond donors (Lipinski definition) is 1. The first kappa shape index (κ1) is 15.7. The van der Waals surface area contributed by atoms with Gasteiger partial charge in [0.25, 0.3) is 0 Å². The van der Waals surface area contributed by atoms with Crippen LogP contribution in [-0.4, -0.2) is 0 Å². The Labute approximate surface area is 156 Å². The molecule has 0 fully saturated rings. The maximum absolute atomic E-state index is 3.65. The van der Waals surface area contributed by atoms with Crippen LogP contribution in [0.3, 0.4) is 0 Å². The fourth-order valence-corrected chi connectivity index (χ4v) is 6.17. The molecule has 3 aromatic rings. The van der Waals surface area contributed by atoms with Crippen LogP contribution in [0, 0.1) is 0 Å². The van der Waals surface area contributed by atoms with E-state index in [1.165, 1.54) is 9.75 Å². The molecule has 0 aliphatic carbocycles. The lowest BCUT2D eigenvalue weighted by Crippen LogP contribution is -2.10. The molecule has 0 atom stereocenters. The van der Waals surface area contributed by atoms with Gasteiger partial charge in [0.2, 0.25) is 0 Å². The topological polar surface area (TPSA) is 12.0 Å². The van der Waals surface area contributed by atoms with Gasteiger partial charge in [-0.3, -0.25) is 0 Å². The molecule has 1 nitrogen and oxygen atoms in total. The van der Waals surface area contributed by atoms with E-state index in [9.17, 15) is 0 Å². The van der Waals surface area contributed by atoms with Crippen molar-refractivity contribution in [3.05, 3.63) is 70.3 Å². The molecule has 1 aromatic carbocycles. The average Bonchev–Trinajstić information content (AvgIpc) is 3.11. The maximum Gasteiger partial charge on any atom is 0.0954 e. The second-order valence-electron chi connectivity index (χ2n) is 4.35. The summed E-state index contributed by atoms with van der Waals surface area (Å²) in [6, 6.07) is 12.8. The highest BCUT2D eigenvalue weighted by atomic mass is 79.9. The highest BCUT2D eigenvalue weighted by Crippen LogP contribution is 2.39. The van der Waals surface area contributed by atoms with Crippen molar-refractivity contribution in [1.82, 2.24) is 0 Å². The second-order valence-corrected chi connectivity index (χ2v) is 8.94. The highest BCUT2D eigenvalue weighted by molar-refractivity contribution is 9.11. The standard InChI is InChI=1S/C15H10Br3NS2/c16-9-7-10(17)14(11(18)8-9)19-15(12-3-1-5-20-12)13-4-2-6-21-13/h1-8,15,19H. The Balaban J connectivity index is 2.00. The largest absolute Gasteiger partial charge is 0.371 e. The van der Waals surface area contributed by atoms with E-state index in [-0.39, 0.29) is 6.04 Å². The number of anilines is 1. The molecule has 21 heavy (non-hydrogen) atoms. The summed E-state index contributed by atoms with van der Waals surface area (Å²) < 4.78 is 3.10. The van der Waals surface area contributed by atoms with E-state index < -0.39 is 0 Å². The number of benzene rings is 1. The van der Waals surface area contributed by atoms with Gasteiger partial charge in [0.1, 0.15) is 0 Å². The minimum Gasteiger partial charge on any atom is -0.371 e. The minimum absolute atomic E-state index is 0.166. The second kappa shape index (κ2) is 6.96. The van der Waals surface area contributed by atoms with Crippen molar-refractivity contribution in [2.45, 2.75) is 6.04 Å². The SMILES string of the molecule is Brc1cc(Br)c(NC(c2cccs2)c2cccs2)c(Br)c1. The van der Waals surface area contributed by atoms with Crippen LogP contribution in [0.1, 0.15) is 15.8 Å². The van der Waals surface area contributed by atoms with E-state index >= 15 is 0 Å². The predicted octanol–water partition coefficient (Wildman–Crippen LogP) is 7.30. The number of rotatable bonds is 4. The van der Waals surface area contributed by atoms with Crippen LogP contribution < -0.4 is 5.32 Å². The zero-order valence-corrected chi connectivity index (χ0v) is 17.0. The van der Waals surface area contributed by atoms with Crippen LogP contribution in [0.4, 0.5) is 5.69 Å². The third-order valence-corrected chi connectivity index (χ3v) is 6.53. The molecule has 108 valence electrons. The fourth-order valence-electron chi connectivity index (χ4n) is 2.02. The molecule has 2 heterocycles. The zero-order chi connectivity index (χ0) is 14.8. The summed E-state index contributed by atoms with van der Waals surface area (Å²) in [7, 11) is 0. The molecular formula is C15H10Br3NS2. The number of nitrogens with one attached hydrogen (secondary N) is 1. The van der Waals surface area contributed by atoms with Crippen LogP contribution in [0.5, 0.6) is 0 Å². The van der Waals surface area contributed by atoms with Gasteiger partial charge in [-0.15, -0.1) is 22.7 Å². The fraction of sp³-hybridized carbons (Fsp3) is 0.0667. The molecule has 0 saturated carbocycles. The molecule has 6 heteroatoms. The molecular weight excluding hydrogens is 498 g/mol. The molecule has 1 N–H and O–H groups in total. The molecule has 0 saturated heterocycles. The van der Waals surface area contributed by atoms with Gasteiger partial charge in [0, 0.05) is 23.2 Å². The van der Waals surface area contributed by atoms with Crippen molar-refractivity contribution in [2.24, 2.45) is 0 Å². The van der Waals surface area contributed by atoms with Crippen molar-refractivity contribution < 1.29 is 0 Å². The van der Waals surface area contributed by atoms with Crippen molar-refractivity contribution in [2.75, 3.05) is 5.32 Å². The van der Waals surface area contributed by atoms with E-state index in [2.05, 4.69) is 88.1 Å². The highest BCUT2D eigenvalue weighted by Gasteiger charge is 2.19. The van der Waals surface area contributed by atoms with Gasteiger partial charge in [0.15, 0.2) is 0 Å². The molecule has 3 rings (SSSR count). The Morgan fingerprint density at radius 1 is 0.857 bits per heavy atom. The molecule has 0 unspecified atom stereocenters. The summed E-state index contributed by atoms with van der Waals surface area (Å²) in [5, 5.41) is 7.88. The molecule has 0 spiro atoms. The van der Waals surface area contributed by atoms with Crippen molar-refractivity contribution in [1.29, 1.82) is 0 Å². The van der Waals surface area contributed by atoms with Gasteiger partial charge in [-0.05, 0) is 66.9 Å². The van der Waals surface area contributed by atoms with Crippen molar-refractivity contribution in [3.8, 4) is 0 Å². The van der Waals surface area contributed by atoms with Crippen LogP contribution in [0.15, 0.2) is 60.6 Å². The van der Waals surface area contributed by atoms with E-state index in [1.54, 1.807) is 22.7 Å². The van der Waals surface area contributed by atoms with Gasteiger partial charge in [-0.2, -0.15) is 0 Å². The number of hydrogen-bond acceptors (Lipinski definition) is 3. The molecule has 0 aliphatic rings. The monoisotopic (exact) mass is 505 g/mol. The van der Waals surface area contributed by atoms with Crippen LogP contribution >= 0.6 is 70.5 Å². The Morgan fingerprint density at radius 3 is 1.81 bits per heavy atom. The Hall–Kier alpha value is -0.140. The van der Waals surface area contributed by atoms with E-state index in [4.69, 9.17) is 0 Å². The Bertz CT molecular complexity index is 666. The normalized spacial score (nSPS) is 11.0.